The van der Waals surface area contributed by atoms with Crippen LogP contribution in [0.15, 0.2) is 54.7 Å². The van der Waals surface area contributed by atoms with Gasteiger partial charge in [0.15, 0.2) is 0 Å². The lowest BCUT2D eigenvalue weighted by atomic mass is 10.1. The van der Waals surface area contributed by atoms with E-state index in [9.17, 15) is 14.4 Å². The first-order chi connectivity index (χ1) is 14.0. The number of amides is 1. The van der Waals surface area contributed by atoms with E-state index in [-0.39, 0.29) is 17.5 Å². The molecule has 1 atom stereocenters. The summed E-state index contributed by atoms with van der Waals surface area (Å²) in [6, 6.07) is 12.4. The topological polar surface area (TPSA) is 107 Å². The van der Waals surface area contributed by atoms with E-state index in [4.69, 9.17) is 4.74 Å². The third-order valence-electron chi connectivity index (χ3n) is 4.25. The van der Waals surface area contributed by atoms with Crippen molar-refractivity contribution in [2.45, 2.75) is 12.5 Å². The van der Waals surface area contributed by atoms with Crippen LogP contribution in [0.2, 0.25) is 0 Å². The molecule has 1 heterocycles. The average molecular weight is 393 g/mol. The quantitative estimate of drug-likeness (QED) is 0.638. The zero-order valence-electron chi connectivity index (χ0n) is 15.9. The first-order valence-corrected chi connectivity index (χ1v) is 8.79. The van der Waals surface area contributed by atoms with Gasteiger partial charge in [-0.05, 0) is 30.3 Å². The van der Waals surface area contributed by atoms with Crippen LogP contribution >= 0.6 is 0 Å². The lowest BCUT2D eigenvalue weighted by molar-refractivity contribution is -0.142. The van der Waals surface area contributed by atoms with E-state index >= 15 is 0 Å². The minimum atomic E-state index is -0.968. The van der Waals surface area contributed by atoms with Crippen molar-refractivity contribution in [1.29, 1.82) is 0 Å². The fraction of sp³-hybridized carbons (Fsp3) is 0.190. The summed E-state index contributed by atoms with van der Waals surface area (Å²) in [5.74, 6) is -1.70. The molecule has 2 aromatic carbocycles. The molecule has 148 valence electrons. The van der Waals surface area contributed by atoms with Crippen molar-refractivity contribution in [3.8, 4) is 0 Å². The van der Waals surface area contributed by atoms with E-state index in [0.717, 1.165) is 5.52 Å². The van der Waals surface area contributed by atoms with Gasteiger partial charge in [-0.2, -0.15) is 0 Å². The zero-order valence-corrected chi connectivity index (χ0v) is 15.9. The second-order valence-corrected chi connectivity index (χ2v) is 6.18. The average Bonchev–Trinajstić information content (AvgIpc) is 2.77. The summed E-state index contributed by atoms with van der Waals surface area (Å²) in [5, 5.41) is 2.63. The van der Waals surface area contributed by atoms with Crippen molar-refractivity contribution in [2.24, 2.45) is 0 Å². The minimum absolute atomic E-state index is 0.104. The van der Waals surface area contributed by atoms with Gasteiger partial charge in [0.2, 0.25) is 0 Å². The Balaban J connectivity index is 1.80. The molecule has 29 heavy (non-hydrogen) atoms. The number of nitrogens with zero attached hydrogens (tertiary/aromatic N) is 2. The second-order valence-electron chi connectivity index (χ2n) is 6.18. The van der Waals surface area contributed by atoms with Gasteiger partial charge < -0.3 is 14.8 Å². The number of nitrogens with one attached hydrogen (secondary N) is 1. The van der Waals surface area contributed by atoms with Gasteiger partial charge in [0.1, 0.15) is 6.04 Å². The molecule has 0 radical (unpaired) electrons. The van der Waals surface area contributed by atoms with Gasteiger partial charge in [-0.25, -0.2) is 14.6 Å². The number of methoxy groups -OCH3 is 2. The molecule has 8 heteroatoms. The monoisotopic (exact) mass is 393 g/mol. The molecule has 0 saturated carbocycles. The fourth-order valence-electron chi connectivity index (χ4n) is 2.79. The van der Waals surface area contributed by atoms with Crippen molar-refractivity contribution in [3.05, 3.63) is 71.5 Å². The Morgan fingerprint density at radius 3 is 2.41 bits per heavy atom. The normalized spacial score (nSPS) is 11.5. The molecule has 3 aromatic rings. The van der Waals surface area contributed by atoms with E-state index in [1.807, 2.05) is 24.3 Å². The van der Waals surface area contributed by atoms with Gasteiger partial charge >= 0.3 is 11.9 Å². The SMILES string of the molecule is COC(=O)c1cccc(C(=O)N[C@H](Cc2cnc3ccccc3n2)C(=O)OC)c1. The van der Waals surface area contributed by atoms with E-state index in [0.29, 0.717) is 11.2 Å². The highest BCUT2D eigenvalue weighted by atomic mass is 16.5. The number of carbonyl (C=O) groups excluding carboxylic acids is 3. The molecule has 1 N–H and O–H groups in total. The molecule has 0 spiro atoms. The fourth-order valence-corrected chi connectivity index (χ4v) is 2.79. The molecule has 0 fully saturated rings. The Kier molecular flexibility index (Phi) is 6.13. The third-order valence-corrected chi connectivity index (χ3v) is 4.25. The van der Waals surface area contributed by atoms with Crippen molar-refractivity contribution in [3.63, 3.8) is 0 Å². The van der Waals surface area contributed by atoms with Crippen LogP contribution in [0.4, 0.5) is 0 Å². The molecular formula is C21H19N3O5. The number of hydrogen-bond acceptors (Lipinski definition) is 7. The standard InChI is InChI=1S/C21H19N3O5/c1-28-20(26)14-7-5-6-13(10-14)19(25)24-18(21(27)29-2)11-15-12-22-16-8-3-4-9-17(16)23-15/h3-10,12,18H,11H2,1-2H3,(H,24,25)/t18-/m1/s1. The maximum absolute atomic E-state index is 12.6. The Morgan fingerprint density at radius 1 is 0.966 bits per heavy atom. The van der Waals surface area contributed by atoms with Crippen molar-refractivity contribution in [2.75, 3.05) is 14.2 Å². The van der Waals surface area contributed by atoms with Crippen molar-refractivity contribution >= 4 is 28.9 Å². The van der Waals surface area contributed by atoms with Crippen LogP contribution in [0.25, 0.3) is 11.0 Å². The summed E-state index contributed by atoms with van der Waals surface area (Å²) in [6.07, 6.45) is 1.66. The molecule has 1 amide bonds. The van der Waals surface area contributed by atoms with Crippen LogP contribution in [0.5, 0.6) is 0 Å². The number of carbonyl (C=O) groups is 3. The van der Waals surface area contributed by atoms with Crippen LogP contribution in [0.3, 0.4) is 0 Å². The molecule has 0 aliphatic rings. The first kappa shape index (κ1) is 19.9. The van der Waals surface area contributed by atoms with Gasteiger partial charge in [0.25, 0.3) is 5.91 Å². The van der Waals surface area contributed by atoms with Gasteiger partial charge in [-0.15, -0.1) is 0 Å². The van der Waals surface area contributed by atoms with Crippen molar-refractivity contribution in [1.82, 2.24) is 15.3 Å². The minimum Gasteiger partial charge on any atom is -0.467 e. The molecule has 0 saturated heterocycles. The van der Waals surface area contributed by atoms with Crippen LogP contribution in [0.1, 0.15) is 26.4 Å². The van der Waals surface area contributed by atoms with Gasteiger partial charge in [0, 0.05) is 18.2 Å². The number of aromatic nitrogens is 2. The Bertz CT molecular complexity index is 1070. The highest BCUT2D eigenvalue weighted by Gasteiger charge is 2.24. The molecule has 1 aromatic heterocycles. The highest BCUT2D eigenvalue weighted by molar-refractivity contribution is 5.99. The Morgan fingerprint density at radius 2 is 1.69 bits per heavy atom. The number of rotatable bonds is 6. The summed E-state index contributed by atoms with van der Waals surface area (Å²) < 4.78 is 9.47. The van der Waals surface area contributed by atoms with E-state index in [2.05, 4.69) is 20.0 Å². The first-order valence-electron chi connectivity index (χ1n) is 8.79. The number of hydrogen-bond donors (Lipinski definition) is 1. The lowest BCUT2D eigenvalue weighted by Gasteiger charge is -2.16. The van der Waals surface area contributed by atoms with Gasteiger partial charge in [-0.1, -0.05) is 18.2 Å². The van der Waals surface area contributed by atoms with Crippen LogP contribution in [-0.2, 0) is 20.7 Å². The number of para-hydroxylation sites is 2. The summed E-state index contributed by atoms with van der Waals surface area (Å²) in [5.41, 5.74) is 2.39. The van der Waals surface area contributed by atoms with Crippen LogP contribution < -0.4 is 5.32 Å². The smallest absolute Gasteiger partial charge is 0.337 e. The summed E-state index contributed by atoms with van der Waals surface area (Å²) in [4.78, 5) is 45.3. The molecule has 0 aliphatic heterocycles. The molecule has 0 bridgehead atoms. The lowest BCUT2D eigenvalue weighted by Crippen LogP contribution is -2.43. The number of fused-ring (bicyclic) bond motifs is 1. The maximum Gasteiger partial charge on any atom is 0.337 e. The highest BCUT2D eigenvalue weighted by Crippen LogP contribution is 2.11. The largest absolute Gasteiger partial charge is 0.467 e. The van der Waals surface area contributed by atoms with Gasteiger partial charge in [0.05, 0.1) is 36.5 Å². The molecule has 8 nitrogen and oxygen atoms in total. The molecule has 0 aliphatic carbocycles. The predicted molar refractivity (Wildman–Crippen MR) is 104 cm³/mol. The zero-order chi connectivity index (χ0) is 20.8. The third kappa shape index (κ3) is 4.73. The Hall–Kier alpha value is -3.81. The van der Waals surface area contributed by atoms with Crippen molar-refractivity contribution < 1.29 is 23.9 Å². The summed E-state index contributed by atoms with van der Waals surface area (Å²) >= 11 is 0. The van der Waals surface area contributed by atoms with E-state index in [1.54, 1.807) is 12.3 Å². The number of benzene rings is 2. The van der Waals surface area contributed by atoms with Gasteiger partial charge in [-0.3, -0.25) is 9.78 Å². The number of esters is 2. The maximum atomic E-state index is 12.6. The Labute approximate surface area is 166 Å². The summed E-state index contributed by atoms with van der Waals surface area (Å²) in [7, 11) is 2.50. The van der Waals surface area contributed by atoms with E-state index in [1.165, 1.54) is 32.4 Å². The van der Waals surface area contributed by atoms with Crippen LogP contribution in [0, 0.1) is 0 Å². The molecular weight excluding hydrogens is 374 g/mol. The van der Waals surface area contributed by atoms with E-state index < -0.39 is 23.9 Å². The second kappa shape index (κ2) is 8.92. The molecule has 3 rings (SSSR count). The predicted octanol–water partition coefficient (Wildman–Crippen LogP) is 1.93. The number of ether oxygens (including phenoxy) is 2. The van der Waals surface area contributed by atoms with Crippen LogP contribution in [-0.4, -0.2) is 48.1 Å². The summed E-state index contributed by atoms with van der Waals surface area (Å²) in [6.45, 7) is 0. The molecule has 0 unspecified atom stereocenters.